The highest BCUT2D eigenvalue weighted by Crippen LogP contribution is 2.40. The molecule has 0 amide bonds. The van der Waals surface area contributed by atoms with Crippen molar-refractivity contribution in [3.63, 3.8) is 0 Å². The molecule has 0 aliphatic heterocycles. The molecule has 0 fully saturated rings. The Morgan fingerprint density at radius 3 is 2.92 bits per heavy atom. The van der Waals surface area contributed by atoms with Crippen molar-refractivity contribution in [2.45, 2.75) is 17.9 Å². The fourth-order valence-corrected chi connectivity index (χ4v) is 1.87. The summed E-state index contributed by atoms with van der Waals surface area (Å²) in [5.41, 5.74) is 1.66. The minimum atomic E-state index is -1.22. The van der Waals surface area contributed by atoms with E-state index in [1.165, 1.54) is 6.07 Å². The fraction of sp³-hybridized carbons (Fsp3) is 0.333. The summed E-state index contributed by atoms with van der Waals surface area (Å²) < 4.78 is 0. The number of phenolic OH excluding ortho intramolecular Hbond substituents is 1. The van der Waals surface area contributed by atoms with Crippen LogP contribution in [0.15, 0.2) is 18.2 Å². The molecule has 0 saturated heterocycles. The third kappa shape index (κ3) is 1.08. The zero-order valence-corrected chi connectivity index (χ0v) is 7.17. The van der Waals surface area contributed by atoms with Crippen molar-refractivity contribution in [3.05, 3.63) is 29.3 Å². The topological polar surface area (TPSA) is 40.5 Å². The number of phenols is 1. The lowest BCUT2D eigenvalue weighted by molar-refractivity contribution is 0.131. The van der Waals surface area contributed by atoms with Crippen molar-refractivity contribution >= 4 is 11.6 Å². The van der Waals surface area contributed by atoms with Gasteiger partial charge < -0.3 is 10.2 Å². The molecule has 2 rings (SSSR count). The van der Waals surface area contributed by atoms with Crippen molar-refractivity contribution < 1.29 is 10.2 Å². The molecular weight excluding hydrogens is 176 g/mol. The summed E-state index contributed by atoms with van der Waals surface area (Å²) in [7, 11) is 0. The van der Waals surface area contributed by atoms with Crippen molar-refractivity contribution in [2.24, 2.45) is 0 Å². The third-order valence-electron chi connectivity index (χ3n) is 2.23. The maximum atomic E-state index is 9.62. The zero-order valence-electron chi connectivity index (χ0n) is 6.42. The van der Waals surface area contributed by atoms with Gasteiger partial charge in [-0.1, -0.05) is 17.7 Å². The first kappa shape index (κ1) is 7.90. The molecular formula is C9H9ClO2. The van der Waals surface area contributed by atoms with Gasteiger partial charge in [0.1, 0.15) is 5.75 Å². The number of aryl methyl sites for hydroxylation is 1. The molecule has 0 heterocycles. The van der Waals surface area contributed by atoms with Crippen LogP contribution in [0.2, 0.25) is 0 Å². The lowest BCUT2D eigenvalue weighted by Crippen LogP contribution is -2.12. The molecule has 3 heteroatoms. The smallest absolute Gasteiger partial charge is 0.164 e. The van der Waals surface area contributed by atoms with Crippen LogP contribution in [-0.2, 0) is 11.5 Å². The number of alkyl halides is 1. The van der Waals surface area contributed by atoms with Gasteiger partial charge in [0.15, 0.2) is 5.06 Å². The maximum Gasteiger partial charge on any atom is 0.164 e. The molecule has 1 aromatic carbocycles. The predicted octanol–water partition coefficient (Wildman–Crippen LogP) is 1.72. The average molecular weight is 185 g/mol. The second kappa shape index (κ2) is 2.38. The molecule has 2 nitrogen and oxygen atoms in total. The lowest BCUT2D eigenvalue weighted by Gasteiger charge is -2.13. The summed E-state index contributed by atoms with van der Waals surface area (Å²) in [5.74, 6) is 0.225. The van der Waals surface area contributed by atoms with Crippen molar-refractivity contribution in [2.75, 3.05) is 0 Å². The minimum Gasteiger partial charge on any atom is -0.508 e. The molecule has 1 unspecified atom stereocenters. The standard InChI is InChI=1S/C9H9ClO2/c10-9(12)4-3-6-5-7(11)1-2-8(6)9/h1-2,5,11-12H,3-4H2. The van der Waals surface area contributed by atoms with Gasteiger partial charge in [0.2, 0.25) is 0 Å². The summed E-state index contributed by atoms with van der Waals surface area (Å²) >= 11 is 5.82. The number of benzene rings is 1. The number of hydrogen-bond acceptors (Lipinski definition) is 2. The molecule has 64 valence electrons. The monoisotopic (exact) mass is 184 g/mol. The van der Waals surface area contributed by atoms with Crippen LogP contribution in [0, 0.1) is 0 Å². The molecule has 1 atom stereocenters. The molecule has 0 radical (unpaired) electrons. The van der Waals surface area contributed by atoms with E-state index in [-0.39, 0.29) is 5.75 Å². The molecule has 0 bridgehead atoms. The van der Waals surface area contributed by atoms with E-state index in [1.54, 1.807) is 12.1 Å². The van der Waals surface area contributed by atoms with Crippen molar-refractivity contribution in [3.8, 4) is 5.75 Å². The highest BCUT2D eigenvalue weighted by molar-refractivity contribution is 6.23. The van der Waals surface area contributed by atoms with E-state index in [4.69, 9.17) is 16.7 Å². The van der Waals surface area contributed by atoms with E-state index in [9.17, 15) is 5.11 Å². The minimum absolute atomic E-state index is 0.225. The molecule has 12 heavy (non-hydrogen) atoms. The van der Waals surface area contributed by atoms with Crippen molar-refractivity contribution in [1.82, 2.24) is 0 Å². The first-order valence-electron chi connectivity index (χ1n) is 3.83. The van der Waals surface area contributed by atoms with Gasteiger partial charge in [-0.3, -0.25) is 0 Å². The van der Waals surface area contributed by atoms with Crippen LogP contribution in [0.5, 0.6) is 5.75 Å². The van der Waals surface area contributed by atoms with Crippen LogP contribution in [0.3, 0.4) is 0 Å². The Morgan fingerprint density at radius 2 is 2.17 bits per heavy atom. The molecule has 1 aliphatic rings. The van der Waals surface area contributed by atoms with E-state index in [0.717, 1.165) is 17.5 Å². The Kier molecular flexibility index (Phi) is 1.56. The third-order valence-corrected chi connectivity index (χ3v) is 2.62. The van der Waals surface area contributed by atoms with Crippen LogP contribution in [0.1, 0.15) is 17.5 Å². The van der Waals surface area contributed by atoms with E-state index >= 15 is 0 Å². The number of hydrogen-bond donors (Lipinski definition) is 2. The first-order chi connectivity index (χ1) is 5.59. The zero-order chi connectivity index (χ0) is 8.77. The molecule has 0 aromatic heterocycles. The van der Waals surface area contributed by atoms with Gasteiger partial charge in [0, 0.05) is 5.56 Å². The second-order valence-electron chi connectivity index (χ2n) is 3.10. The van der Waals surface area contributed by atoms with Gasteiger partial charge >= 0.3 is 0 Å². The number of aromatic hydroxyl groups is 1. The summed E-state index contributed by atoms with van der Waals surface area (Å²) in [4.78, 5) is 0. The molecule has 2 N–H and O–H groups in total. The van der Waals surface area contributed by atoms with Crippen LogP contribution in [-0.4, -0.2) is 10.2 Å². The number of aliphatic hydroxyl groups is 1. The Hall–Kier alpha value is -0.730. The summed E-state index contributed by atoms with van der Waals surface area (Å²) in [6.07, 6.45) is 1.25. The van der Waals surface area contributed by atoms with Crippen LogP contribution in [0.25, 0.3) is 0 Å². The SMILES string of the molecule is Oc1ccc2c(c1)CCC2(O)Cl. The Labute approximate surface area is 75.4 Å². The van der Waals surface area contributed by atoms with Crippen LogP contribution < -0.4 is 0 Å². The quantitative estimate of drug-likeness (QED) is 0.603. The van der Waals surface area contributed by atoms with Gasteiger partial charge in [-0.05, 0) is 30.5 Å². The van der Waals surface area contributed by atoms with E-state index in [1.807, 2.05) is 0 Å². The van der Waals surface area contributed by atoms with Gasteiger partial charge in [-0.25, -0.2) is 0 Å². The maximum absolute atomic E-state index is 9.62. The van der Waals surface area contributed by atoms with Crippen LogP contribution >= 0.6 is 11.6 Å². The second-order valence-corrected chi connectivity index (χ2v) is 3.73. The van der Waals surface area contributed by atoms with E-state index in [0.29, 0.717) is 6.42 Å². The number of fused-ring (bicyclic) bond motifs is 1. The summed E-state index contributed by atoms with van der Waals surface area (Å²) in [6, 6.07) is 4.86. The highest BCUT2D eigenvalue weighted by Gasteiger charge is 2.34. The first-order valence-corrected chi connectivity index (χ1v) is 4.21. The summed E-state index contributed by atoms with van der Waals surface area (Å²) in [5, 5.41) is 17.5. The molecule has 1 aliphatic carbocycles. The summed E-state index contributed by atoms with van der Waals surface area (Å²) in [6.45, 7) is 0. The van der Waals surface area contributed by atoms with Gasteiger partial charge in [-0.2, -0.15) is 0 Å². The highest BCUT2D eigenvalue weighted by atomic mass is 35.5. The largest absolute Gasteiger partial charge is 0.508 e. The Balaban J connectivity index is 2.55. The van der Waals surface area contributed by atoms with Crippen LogP contribution in [0.4, 0.5) is 0 Å². The molecule has 0 spiro atoms. The van der Waals surface area contributed by atoms with Crippen molar-refractivity contribution in [1.29, 1.82) is 0 Å². The number of rotatable bonds is 0. The van der Waals surface area contributed by atoms with Gasteiger partial charge in [0.05, 0.1) is 0 Å². The molecule has 1 aromatic rings. The van der Waals surface area contributed by atoms with E-state index < -0.39 is 5.06 Å². The molecule has 0 saturated carbocycles. The lowest BCUT2D eigenvalue weighted by atomic mass is 10.1. The Bertz CT molecular complexity index is 320. The normalized spacial score (nSPS) is 27.2. The van der Waals surface area contributed by atoms with E-state index in [2.05, 4.69) is 0 Å². The average Bonchev–Trinajstić information content (AvgIpc) is 2.27. The Morgan fingerprint density at radius 1 is 1.42 bits per heavy atom. The van der Waals surface area contributed by atoms with Gasteiger partial charge in [0.25, 0.3) is 0 Å². The predicted molar refractivity (Wildman–Crippen MR) is 46.2 cm³/mol. The number of halogens is 1. The van der Waals surface area contributed by atoms with Gasteiger partial charge in [-0.15, -0.1) is 0 Å². The fourth-order valence-electron chi connectivity index (χ4n) is 1.60.